The van der Waals surface area contributed by atoms with E-state index in [1.807, 2.05) is 0 Å². The molecule has 17 heavy (non-hydrogen) atoms. The molecule has 88 valence electrons. The summed E-state index contributed by atoms with van der Waals surface area (Å²) in [4.78, 5) is 0.386. The molecule has 5 heteroatoms. The standard InChI is InChI=1S/C12H6Cl2F2S/c13-6-1-2-7(10(15)3-6)8-4-12(17)9(14)5-11(8)16/h1-5,17H. The Balaban J connectivity index is 2.64. The van der Waals surface area contributed by atoms with E-state index in [9.17, 15) is 8.78 Å². The maximum atomic E-state index is 13.7. The van der Waals surface area contributed by atoms with Crippen molar-refractivity contribution in [2.45, 2.75) is 4.90 Å². The van der Waals surface area contributed by atoms with Crippen LogP contribution >= 0.6 is 35.8 Å². The van der Waals surface area contributed by atoms with Gasteiger partial charge in [-0.15, -0.1) is 12.6 Å². The SMILES string of the molecule is Fc1cc(Cl)ccc1-c1cc(S)c(Cl)cc1F. The van der Waals surface area contributed by atoms with Gasteiger partial charge >= 0.3 is 0 Å². The maximum Gasteiger partial charge on any atom is 0.132 e. The van der Waals surface area contributed by atoms with Crippen LogP contribution in [0.1, 0.15) is 0 Å². The summed E-state index contributed by atoms with van der Waals surface area (Å²) in [5, 5.41) is 0.440. The molecule has 0 heterocycles. The first-order chi connectivity index (χ1) is 7.99. The lowest BCUT2D eigenvalue weighted by atomic mass is 10.0. The number of rotatable bonds is 1. The zero-order valence-corrected chi connectivity index (χ0v) is 10.8. The Bertz CT molecular complexity index is 585. The summed E-state index contributed by atoms with van der Waals surface area (Å²) in [6.07, 6.45) is 0. The lowest BCUT2D eigenvalue weighted by Gasteiger charge is -2.07. The van der Waals surface area contributed by atoms with Crippen molar-refractivity contribution >= 4 is 35.8 Å². The van der Waals surface area contributed by atoms with E-state index < -0.39 is 11.6 Å². The van der Waals surface area contributed by atoms with E-state index in [0.717, 1.165) is 12.1 Å². The van der Waals surface area contributed by atoms with Gasteiger partial charge in [-0.05, 0) is 30.3 Å². The molecular formula is C12H6Cl2F2S. The highest BCUT2D eigenvalue weighted by Gasteiger charge is 2.12. The van der Waals surface area contributed by atoms with Crippen LogP contribution in [0.4, 0.5) is 8.78 Å². The molecule has 2 rings (SSSR count). The quantitative estimate of drug-likeness (QED) is 0.683. The highest BCUT2D eigenvalue weighted by atomic mass is 35.5. The molecule has 0 nitrogen and oxygen atoms in total. The van der Waals surface area contributed by atoms with E-state index in [2.05, 4.69) is 12.6 Å². The summed E-state index contributed by atoms with van der Waals surface area (Å²) < 4.78 is 27.3. The van der Waals surface area contributed by atoms with Crippen molar-refractivity contribution in [2.24, 2.45) is 0 Å². The van der Waals surface area contributed by atoms with Gasteiger partial charge < -0.3 is 0 Å². The zero-order chi connectivity index (χ0) is 12.6. The topological polar surface area (TPSA) is 0 Å². The van der Waals surface area contributed by atoms with Gasteiger partial charge in [0.25, 0.3) is 0 Å². The molecule has 0 amide bonds. The number of benzene rings is 2. The molecule has 0 radical (unpaired) electrons. The second-order valence-corrected chi connectivity index (χ2v) is 4.73. The zero-order valence-electron chi connectivity index (χ0n) is 8.35. The number of hydrogen-bond acceptors (Lipinski definition) is 1. The molecule has 0 aliphatic heterocycles. The van der Waals surface area contributed by atoms with Crippen molar-refractivity contribution < 1.29 is 8.78 Å². The third kappa shape index (κ3) is 2.57. The van der Waals surface area contributed by atoms with Gasteiger partial charge in [-0.3, -0.25) is 0 Å². The van der Waals surface area contributed by atoms with E-state index in [4.69, 9.17) is 23.2 Å². The fraction of sp³-hybridized carbons (Fsp3) is 0. The fourth-order valence-corrected chi connectivity index (χ4v) is 1.95. The summed E-state index contributed by atoms with van der Waals surface area (Å²) in [7, 11) is 0. The molecule has 0 fully saturated rings. The molecule has 0 spiro atoms. The average Bonchev–Trinajstić information content (AvgIpc) is 2.24. The van der Waals surface area contributed by atoms with Crippen LogP contribution in [0.5, 0.6) is 0 Å². The van der Waals surface area contributed by atoms with Gasteiger partial charge in [0, 0.05) is 21.0 Å². The van der Waals surface area contributed by atoms with Gasteiger partial charge in [-0.2, -0.15) is 0 Å². The van der Waals surface area contributed by atoms with Crippen LogP contribution in [0.15, 0.2) is 35.2 Å². The van der Waals surface area contributed by atoms with Gasteiger partial charge in [-0.1, -0.05) is 23.2 Å². The van der Waals surface area contributed by atoms with Gasteiger partial charge in [0.05, 0.1) is 5.02 Å². The number of halogens is 4. The van der Waals surface area contributed by atoms with E-state index in [0.29, 0.717) is 4.90 Å². The first-order valence-corrected chi connectivity index (χ1v) is 5.83. The summed E-state index contributed by atoms with van der Waals surface area (Å²) in [6.45, 7) is 0. The Kier molecular flexibility index (Phi) is 3.61. The average molecular weight is 291 g/mol. The van der Waals surface area contributed by atoms with Crippen LogP contribution in [0, 0.1) is 11.6 Å². The molecule has 0 aromatic heterocycles. The van der Waals surface area contributed by atoms with Gasteiger partial charge in [0.2, 0.25) is 0 Å². The van der Waals surface area contributed by atoms with Crippen LogP contribution in [0.2, 0.25) is 10.0 Å². The highest BCUT2D eigenvalue weighted by molar-refractivity contribution is 7.80. The Labute approximate surface area is 113 Å². The molecule has 0 aliphatic rings. The Morgan fingerprint density at radius 2 is 1.53 bits per heavy atom. The normalized spacial score (nSPS) is 10.6. The molecule has 0 unspecified atom stereocenters. The van der Waals surface area contributed by atoms with Crippen molar-refractivity contribution in [3.8, 4) is 11.1 Å². The Morgan fingerprint density at radius 3 is 2.18 bits per heavy atom. The van der Waals surface area contributed by atoms with E-state index in [-0.39, 0.29) is 21.2 Å². The molecular weight excluding hydrogens is 285 g/mol. The minimum absolute atomic E-state index is 0.105. The summed E-state index contributed by atoms with van der Waals surface area (Å²) in [5.74, 6) is -1.19. The van der Waals surface area contributed by atoms with Gasteiger partial charge in [0.1, 0.15) is 11.6 Å². The Hall–Kier alpha value is -0.770. The summed E-state index contributed by atoms with van der Waals surface area (Å²) >= 11 is 15.4. The summed E-state index contributed by atoms with van der Waals surface area (Å²) in [5.41, 5.74) is 0.229. The fourth-order valence-electron chi connectivity index (χ4n) is 1.45. The monoisotopic (exact) mass is 290 g/mol. The number of thiol groups is 1. The van der Waals surface area contributed by atoms with Gasteiger partial charge in [0.15, 0.2) is 0 Å². The van der Waals surface area contributed by atoms with Crippen molar-refractivity contribution in [2.75, 3.05) is 0 Å². The van der Waals surface area contributed by atoms with Crippen molar-refractivity contribution in [3.05, 3.63) is 52.0 Å². The van der Waals surface area contributed by atoms with Crippen LogP contribution < -0.4 is 0 Å². The van der Waals surface area contributed by atoms with Crippen LogP contribution in [0.25, 0.3) is 11.1 Å². The largest absolute Gasteiger partial charge is 0.206 e. The third-order valence-corrected chi connectivity index (χ3v) is 3.31. The van der Waals surface area contributed by atoms with Crippen LogP contribution in [-0.2, 0) is 0 Å². The minimum atomic E-state index is -0.603. The predicted molar refractivity (Wildman–Crippen MR) is 69.1 cm³/mol. The van der Waals surface area contributed by atoms with Crippen molar-refractivity contribution in [1.29, 1.82) is 0 Å². The molecule has 0 aliphatic carbocycles. The first-order valence-electron chi connectivity index (χ1n) is 4.62. The van der Waals surface area contributed by atoms with E-state index >= 15 is 0 Å². The molecule has 2 aromatic carbocycles. The number of hydrogen-bond donors (Lipinski definition) is 1. The first kappa shape index (κ1) is 12.7. The lowest BCUT2D eigenvalue weighted by molar-refractivity contribution is 0.615. The molecule has 2 aromatic rings. The maximum absolute atomic E-state index is 13.7. The van der Waals surface area contributed by atoms with E-state index in [1.165, 1.54) is 18.2 Å². The van der Waals surface area contributed by atoms with Crippen molar-refractivity contribution in [3.63, 3.8) is 0 Å². The Morgan fingerprint density at radius 1 is 0.882 bits per heavy atom. The second kappa shape index (κ2) is 4.84. The van der Waals surface area contributed by atoms with Crippen molar-refractivity contribution in [1.82, 2.24) is 0 Å². The summed E-state index contributed by atoms with van der Waals surface area (Å²) in [6, 6.07) is 6.52. The molecule has 0 atom stereocenters. The van der Waals surface area contributed by atoms with Crippen LogP contribution in [0.3, 0.4) is 0 Å². The predicted octanol–water partition coefficient (Wildman–Crippen LogP) is 5.23. The second-order valence-electron chi connectivity index (χ2n) is 3.41. The smallest absolute Gasteiger partial charge is 0.132 e. The minimum Gasteiger partial charge on any atom is -0.206 e. The lowest BCUT2D eigenvalue weighted by Crippen LogP contribution is -1.89. The van der Waals surface area contributed by atoms with Crippen LogP contribution in [-0.4, -0.2) is 0 Å². The molecule has 0 N–H and O–H groups in total. The van der Waals surface area contributed by atoms with Gasteiger partial charge in [-0.25, -0.2) is 8.78 Å². The third-order valence-electron chi connectivity index (χ3n) is 2.26. The molecule has 0 saturated carbocycles. The molecule has 0 bridgehead atoms. The van der Waals surface area contributed by atoms with E-state index in [1.54, 1.807) is 0 Å². The highest BCUT2D eigenvalue weighted by Crippen LogP contribution is 2.32. The molecule has 0 saturated heterocycles.